The van der Waals surface area contributed by atoms with E-state index in [0.29, 0.717) is 0 Å². The minimum absolute atomic E-state index is 0.820. The van der Waals surface area contributed by atoms with E-state index in [0.717, 1.165) is 18.0 Å². The SMILES string of the molecule is C1CCCC(CNC2CCN3CCCC23)CC1. The number of fused-ring (bicyclic) bond motifs is 1. The Hall–Kier alpha value is -0.0800. The molecular formula is C15H28N2. The van der Waals surface area contributed by atoms with Crippen LogP contribution in [0.2, 0.25) is 0 Å². The van der Waals surface area contributed by atoms with Crippen molar-refractivity contribution in [2.75, 3.05) is 19.6 Å². The van der Waals surface area contributed by atoms with Gasteiger partial charge in [0, 0.05) is 18.6 Å². The van der Waals surface area contributed by atoms with Crippen LogP contribution in [0.4, 0.5) is 0 Å². The fourth-order valence-corrected chi connectivity index (χ4v) is 4.21. The van der Waals surface area contributed by atoms with Gasteiger partial charge in [0.2, 0.25) is 0 Å². The molecular weight excluding hydrogens is 208 g/mol. The van der Waals surface area contributed by atoms with Crippen molar-refractivity contribution < 1.29 is 0 Å². The normalized spacial score (nSPS) is 36.0. The first kappa shape index (κ1) is 12.0. The highest BCUT2D eigenvalue weighted by atomic mass is 15.2. The molecule has 1 saturated carbocycles. The molecule has 0 bridgehead atoms. The smallest absolute Gasteiger partial charge is 0.0250 e. The van der Waals surface area contributed by atoms with Crippen molar-refractivity contribution in [1.82, 2.24) is 10.2 Å². The molecule has 2 unspecified atom stereocenters. The zero-order valence-corrected chi connectivity index (χ0v) is 11.2. The third-order valence-corrected chi connectivity index (χ3v) is 5.25. The number of nitrogens with zero attached hydrogens (tertiary/aromatic N) is 1. The fourth-order valence-electron chi connectivity index (χ4n) is 4.21. The van der Waals surface area contributed by atoms with E-state index >= 15 is 0 Å². The zero-order valence-electron chi connectivity index (χ0n) is 11.2. The topological polar surface area (TPSA) is 15.3 Å². The van der Waals surface area contributed by atoms with Gasteiger partial charge < -0.3 is 5.32 Å². The van der Waals surface area contributed by atoms with Gasteiger partial charge in [-0.25, -0.2) is 0 Å². The number of nitrogens with one attached hydrogen (secondary N) is 1. The molecule has 0 aromatic heterocycles. The van der Waals surface area contributed by atoms with Gasteiger partial charge in [0.1, 0.15) is 0 Å². The quantitative estimate of drug-likeness (QED) is 0.758. The third-order valence-electron chi connectivity index (χ3n) is 5.25. The minimum Gasteiger partial charge on any atom is -0.312 e. The van der Waals surface area contributed by atoms with Crippen LogP contribution in [0.25, 0.3) is 0 Å². The Morgan fingerprint density at radius 1 is 0.824 bits per heavy atom. The lowest BCUT2D eigenvalue weighted by Crippen LogP contribution is -2.41. The van der Waals surface area contributed by atoms with E-state index < -0.39 is 0 Å². The molecule has 2 aliphatic heterocycles. The Morgan fingerprint density at radius 2 is 1.65 bits per heavy atom. The van der Waals surface area contributed by atoms with E-state index in [1.54, 1.807) is 0 Å². The van der Waals surface area contributed by atoms with Gasteiger partial charge in [-0.2, -0.15) is 0 Å². The number of rotatable bonds is 3. The maximum absolute atomic E-state index is 3.91. The van der Waals surface area contributed by atoms with Gasteiger partial charge in [0.15, 0.2) is 0 Å². The maximum Gasteiger partial charge on any atom is 0.0250 e. The van der Waals surface area contributed by atoms with Crippen LogP contribution in [0.5, 0.6) is 0 Å². The molecule has 2 saturated heterocycles. The van der Waals surface area contributed by atoms with E-state index in [2.05, 4.69) is 10.2 Å². The van der Waals surface area contributed by atoms with Gasteiger partial charge in [0.25, 0.3) is 0 Å². The van der Waals surface area contributed by atoms with Gasteiger partial charge >= 0.3 is 0 Å². The second kappa shape index (κ2) is 5.71. The zero-order chi connectivity index (χ0) is 11.5. The average Bonchev–Trinajstić information content (AvgIpc) is 2.84. The highest BCUT2D eigenvalue weighted by Gasteiger charge is 2.36. The monoisotopic (exact) mass is 236 g/mol. The van der Waals surface area contributed by atoms with E-state index in [1.165, 1.54) is 77.4 Å². The van der Waals surface area contributed by atoms with Crippen LogP contribution in [0.15, 0.2) is 0 Å². The molecule has 2 heteroatoms. The molecule has 0 aromatic carbocycles. The standard InChI is InChI=1S/C15H28N2/c1-2-4-7-13(6-3-1)12-16-14-9-11-17-10-5-8-15(14)17/h13-16H,1-12H2. The third kappa shape index (κ3) is 2.85. The summed E-state index contributed by atoms with van der Waals surface area (Å²) >= 11 is 0. The van der Waals surface area contributed by atoms with Gasteiger partial charge in [-0.15, -0.1) is 0 Å². The molecule has 1 N–H and O–H groups in total. The van der Waals surface area contributed by atoms with Crippen molar-refractivity contribution in [1.29, 1.82) is 0 Å². The summed E-state index contributed by atoms with van der Waals surface area (Å²) in [7, 11) is 0. The van der Waals surface area contributed by atoms with Gasteiger partial charge in [-0.3, -0.25) is 4.90 Å². The molecule has 3 aliphatic rings. The highest BCUT2D eigenvalue weighted by molar-refractivity contribution is 4.95. The van der Waals surface area contributed by atoms with Crippen LogP contribution < -0.4 is 5.32 Å². The Kier molecular flexibility index (Phi) is 4.02. The van der Waals surface area contributed by atoms with E-state index in [1.807, 2.05) is 0 Å². The number of hydrogen-bond donors (Lipinski definition) is 1. The molecule has 0 spiro atoms. The lowest BCUT2D eigenvalue weighted by Gasteiger charge is -2.24. The van der Waals surface area contributed by atoms with Crippen molar-refractivity contribution in [2.45, 2.75) is 69.9 Å². The van der Waals surface area contributed by atoms with Crippen molar-refractivity contribution >= 4 is 0 Å². The van der Waals surface area contributed by atoms with E-state index in [4.69, 9.17) is 0 Å². The summed E-state index contributed by atoms with van der Waals surface area (Å²) in [6.07, 6.45) is 13.2. The molecule has 2 nitrogen and oxygen atoms in total. The summed E-state index contributed by atoms with van der Waals surface area (Å²) in [5.74, 6) is 0.980. The van der Waals surface area contributed by atoms with Crippen LogP contribution in [-0.4, -0.2) is 36.6 Å². The molecule has 2 heterocycles. The Morgan fingerprint density at radius 3 is 2.47 bits per heavy atom. The molecule has 1 aliphatic carbocycles. The summed E-state index contributed by atoms with van der Waals surface area (Å²) < 4.78 is 0. The van der Waals surface area contributed by atoms with Gasteiger partial charge in [0.05, 0.1) is 0 Å². The Balaban J connectivity index is 1.44. The van der Waals surface area contributed by atoms with Crippen LogP contribution in [0, 0.1) is 5.92 Å². The second-order valence-corrected chi connectivity index (χ2v) is 6.41. The first-order chi connectivity index (χ1) is 8.43. The van der Waals surface area contributed by atoms with Gasteiger partial charge in [-0.1, -0.05) is 25.7 Å². The molecule has 3 rings (SSSR count). The molecule has 17 heavy (non-hydrogen) atoms. The molecule has 2 atom stereocenters. The van der Waals surface area contributed by atoms with Crippen molar-refractivity contribution in [2.24, 2.45) is 5.92 Å². The summed E-state index contributed by atoms with van der Waals surface area (Å²) in [6.45, 7) is 4.02. The molecule has 3 fully saturated rings. The first-order valence-corrected chi connectivity index (χ1v) is 7.91. The van der Waals surface area contributed by atoms with Crippen molar-refractivity contribution in [3.05, 3.63) is 0 Å². The van der Waals surface area contributed by atoms with Crippen LogP contribution >= 0.6 is 0 Å². The van der Waals surface area contributed by atoms with Crippen LogP contribution in [0.3, 0.4) is 0 Å². The maximum atomic E-state index is 3.91. The fraction of sp³-hybridized carbons (Fsp3) is 1.00. The number of hydrogen-bond acceptors (Lipinski definition) is 2. The second-order valence-electron chi connectivity index (χ2n) is 6.41. The Labute approximate surface area is 106 Å². The van der Waals surface area contributed by atoms with Crippen LogP contribution in [0.1, 0.15) is 57.8 Å². The van der Waals surface area contributed by atoms with Crippen LogP contribution in [-0.2, 0) is 0 Å². The summed E-state index contributed by atoms with van der Waals surface area (Å²) in [5, 5.41) is 3.91. The lowest BCUT2D eigenvalue weighted by atomic mass is 9.99. The predicted octanol–water partition coefficient (Wildman–Crippen LogP) is 2.78. The van der Waals surface area contributed by atoms with E-state index in [9.17, 15) is 0 Å². The Bertz CT molecular complexity index is 233. The molecule has 0 amide bonds. The summed E-state index contributed by atoms with van der Waals surface area (Å²) in [6, 6.07) is 1.71. The molecule has 98 valence electrons. The van der Waals surface area contributed by atoms with E-state index in [-0.39, 0.29) is 0 Å². The summed E-state index contributed by atoms with van der Waals surface area (Å²) in [4.78, 5) is 2.71. The average molecular weight is 236 g/mol. The molecule has 0 aromatic rings. The predicted molar refractivity (Wildman–Crippen MR) is 72.2 cm³/mol. The minimum atomic E-state index is 0.820. The highest BCUT2D eigenvalue weighted by Crippen LogP contribution is 2.28. The van der Waals surface area contributed by atoms with Crippen molar-refractivity contribution in [3.63, 3.8) is 0 Å². The largest absolute Gasteiger partial charge is 0.312 e. The van der Waals surface area contributed by atoms with Crippen molar-refractivity contribution in [3.8, 4) is 0 Å². The first-order valence-electron chi connectivity index (χ1n) is 7.91. The van der Waals surface area contributed by atoms with Gasteiger partial charge in [-0.05, 0) is 51.1 Å². The molecule has 0 radical (unpaired) electrons. The lowest BCUT2D eigenvalue weighted by molar-refractivity contribution is 0.289. The summed E-state index contributed by atoms with van der Waals surface area (Å²) in [5.41, 5.74) is 0.